The Labute approximate surface area is 316 Å². The Kier molecular flexibility index (Phi) is 12.0. The molecule has 1 unspecified atom stereocenters. The summed E-state index contributed by atoms with van der Waals surface area (Å²) < 4.78 is 11.0. The molecule has 0 radical (unpaired) electrons. The lowest BCUT2D eigenvalue weighted by Crippen LogP contribution is -2.30. The maximum Gasteiger partial charge on any atom is 0.272 e. The molecule has 0 spiro atoms. The highest BCUT2D eigenvalue weighted by molar-refractivity contribution is 8.00. The number of hydrogen-bond acceptors (Lipinski definition) is 8. The zero-order valence-electron chi connectivity index (χ0n) is 29.2. The molecule has 11 heteroatoms. The van der Waals surface area contributed by atoms with Crippen LogP contribution in [-0.2, 0) is 9.59 Å². The van der Waals surface area contributed by atoms with Crippen molar-refractivity contribution < 1.29 is 23.9 Å². The minimum Gasteiger partial charge on any atom is -0.493 e. The first-order chi connectivity index (χ1) is 25.8. The molecule has 0 aliphatic rings. The van der Waals surface area contributed by atoms with Crippen molar-refractivity contribution >= 4 is 57.7 Å². The van der Waals surface area contributed by atoms with Gasteiger partial charge in [0.2, 0.25) is 5.91 Å². The number of aryl methyl sites for hydroxylation is 1. The number of methoxy groups -OCH3 is 2. The first-order valence-electron chi connectivity index (χ1n) is 16.6. The van der Waals surface area contributed by atoms with E-state index in [4.69, 9.17) is 14.5 Å². The Morgan fingerprint density at radius 3 is 2.08 bits per heavy atom. The van der Waals surface area contributed by atoms with Crippen LogP contribution in [0.4, 0.5) is 10.8 Å². The van der Waals surface area contributed by atoms with Gasteiger partial charge in [0, 0.05) is 32.2 Å². The maximum atomic E-state index is 13.8. The molecule has 1 atom stereocenters. The molecular weight excluding hydrogens is 705 g/mol. The van der Waals surface area contributed by atoms with Crippen LogP contribution in [0.1, 0.15) is 31.6 Å². The molecule has 3 amide bonds. The topological polar surface area (TPSA) is 119 Å². The number of anilines is 2. The van der Waals surface area contributed by atoms with Crippen LogP contribution >= 0.6 is 23.1 Å². The third-order valence-corrected chi connectivity index (χ3v) is 10.2. The van der Waals surface area contributed by atoms with Gasteiger partial charge in [-0.1, -0.05) is 91.0 Å². The smallest absolute Gasteiger partial charge is 0.272 e. The fraction of sp³-hybridized carbons (Fsp3) is 0.0952. The third kappa shape index (κ3) is 9.20. The van der Waals surface area contributed by atoms with Gasteiger partial charge in [-0.3, -0.25) is 14.4 Å². The summed E-state index contributed by atoms with van der Waals surface area (Å²) in [6.45, 7) is 1.99. The summed E-state index contributed by atoms with van der Waals surface area (Å²) in [7, 11) is 3.03. The van der Waals surface area contributed by atoms with E-state index in [2.05, 4.69) is 16.0 Å². The molecule has 6 rings (SSSR count). The third-order valence-electron chi connectivity index (χ3n) is 8.04. The van der Waals surface area contributed by atoms with Gasteiger partial charge in [-0.25, -0.2) is 4.98 Å². The summed E-state index contributed by atoms with van der Waals surface area (Å²) in [5, 5.41) is 8.62. The number of rotatable bonds is 13. The van der Waals surface area contributed by atoms with Gasteiger partial charge in [-0.15, -0.1) is 23.1 Å². The summed E-state index contributed by atoms with van der Waals surface area (Å²) in [5.74, 6) is -0.312. The van der Waals surface area contributed by atoms with Gasteiger partial charge in [0.25, 0.3) is 11.8 Å². The van der Waals surface area contributed by atoms with Crippen molar-refractivity contribution in [3.63, 3.8) is 0 Å². The number of amides is 3. The molecule has 0 fully saturated rings. The highest BCUT2D eigenvalue weighted by Crippen LogP contribution is 2.38. The molecule has 53 heavy (non-hydrogen) atoms. The molecule has 0 saturated heterocycles. The van der Waals surface area contributed by atoms with Crippen LogP contribution < -0.4 is 25.4 Å². The predicted octanol–water partition coefficient (Wildman–Crippen LogP) is 9.02. The number of thiazole rings is 1. The second-order valence-electron chi connectivity index (χ2n) is 11.6. The van der Waals surface area contributed by atoms with Gasteiger partial charge in [-0.05, 0) is 61.0 Å². The van der Waals surface area contributed by atoms with E-state index in [1.807, 2.05) is 79.7 Å². The van der Waals surface area contributed by atoms with Crippen LogP contribution in [0.25, 0.3) is 17.3 Å². The van der Waals surface area contributed by atoms with Crippen LogP contribution in [0.5, 0.6) is 11.5 Å². The standard InChI is InChI=1S/C42H36N4O5S2/c1-27-36(28-14-7-4-8-15-28)45-42(52-27)46-41(49)38(29-16-9-5-10-17-29)53-33-24-22-32(23-25-33)43-40(48)34(44-39(47)30-18-11-6-12-19-30)26-31-20-13-21-35(50-2)37(31)51-3/h4-26,38H,1-3H3,(H,43,48)(H,44,47)(H,45,46,49)/b34-26-. The molecule has 5 aromatic carbocycles. The molecule has 0 aliphatic carbocycles. The number of benzene rings is 5. The largest absolute Gasteiger partial charge is 0.493 e. The molecule has 9 nitrogen and oxygen atoms in total. The van der Waals surface area contributed by atoms with Gasteiger partial charge >= 0.3 is 0 Å². The molecule has 0 bridgehead atoms. The van der Waals surface area contributed by atoms with Crippen molar-refractivity contribution in [1.82, 2.24) is 10.3 Å². The van der Waals surface area contributed by atoms with E-state index >= 15 is 0 Å². The first-order valence-corrected chi connectivity index (χ1v) is 18.3. The quantitative estimate of drug-likeness (QED) is 0.0799. The van der Waals surface area contributed by atoms with Crippen molar-refractivity contribution in [1.29, 1.82) is 0 Å². The fourth-order valence-corrected chi connectivity index (χ4v) is 7.32. The van der Waals surface area contributed by atoms with Gasteiger partial charge in [0.1, 0.15) is 10.9 Å². The number of aromatic nitrogens is 1. The van der Waals surface area contributed by atoms with Crippen LogP contribution in [0.3, 0.4) is 0 Å². The number of hydrogen-bond donors (Lipinski definition) is 3. The average molecular weight is 741 g/mol. The van der Waals surface area contributed by atoms with E-state index in [9.17, 15) is 14.4 Å². The van der Waals surface area contributed by atoms with Gasteiger partial charge < -0.3 is 25.4 Å². The van der Waals surface area contributed by atoms with E-state index in [0.29, 0.717) is 33.4 Å². The number of thioether (sulfide) groups is 1. The summed E-state index contributed by atoms with van der Waals surface area (Å²) in [5.41, 5.74) is 4.08. The van der Waals surface area contributed by atoms with Crippen LogP contribution in [0.2, 0.25) is 0 Å². The highest BCUT2D eigenvalue weighted by atomic mass is 32.2. The highest BCUT2D eigenvalue weighted by Gasteiger charge is 2.24. The lowest BCUT2D eigenvalue weighted by Gasteiger charge is -2.17. The minimum atomic E-state index is -0.582. The fourth-order valence-electron chi connectivity index (χ4n) is 5.46. The monoisotopic (exact) mass is 740 g/mol. The molecular formula is C42H36N4O5S2. The second kappa shape index (κ2) is 17.4. The number of para-hydroxylation sites is 1. The molecule has 3 N–H and O–H groups in total. The minimum absolute atomic E-state index is 0.00230. The number of carbonyl (C=O) groups excluding carboxylic acids is 3. The number of ether oxygens (including phenoxy) is 2. The second-order valence-corrected chi connectivity index (χ2v) is 14.0. The maximum absolute atomic E-state index is 13.8. The van der Waals surface area contributed by atoms with Crippen molar-refractivity contribution in [3.05, 3.63) is 161 Å². The van der Waals surface area contributed by atoms with Crippen molar-refractivity contribution in [2.75, 3.05) is 24.9 Å². The normalized spacial score (nSPS) is 11.6. The van der Waals surface area contributed by atoms with Crippen LogP contribution in [0, 0.1) is 6.92 Å². The zero-order chi connectivity index (χ0) is 37.2. The summed E-state index contributed by atoms with van der Waals surface area (Å²) in [4.78, 5) is 47.3. The Balaban J connectivity index is 1.21. The molecule has 6 aromatic rings. The van der Waals surface area contributed by atoms with E-state index < -0.39 is 17.1 Å². The van der Waals surface area contributed by atoms with Gasteiger partial charge in [0.05, 0.1) is 19.9 Å². The van der Waals surface area contributed by atoms with E-state index in [0.717, 1.165) is 26.6 Å². The van der Waals surface area contributed by atoms with Crippen molar-refractivity contribution in [2.24, 2.45) is 0 Å². The lowest BCUT2D eigenvalue weighted by molar-refractivity contribution is -0.116. The van der Waals surface area contributed by atoms with Crippen LogP contribution in [0.15, 0.2) is 144 Å². The molecule has 1 heterocycles. The van der Waals surface area contributed by atoms with Crippen molar-refractivity contribution in [2.45, 2.75) is 17.1 Å². The zero-order valence-corrected chi connectivity index (χ0v) is 30.8. The summed E-state index contributed by atoms with van der Waals surface area (Å²) in [6.07, 6.45) is 1.54. The first kappa shape index (κ1) is 36.6. The Morgan fingerprint density at radius 2 is 1.42 bits per heavy atom. The van der Waals surface area contributed by atoms with Gasteiger partial charge in [0.15, 0.2) is 16.6 Å². The molecule has 0 saturated carbocycles. The molecule has 1 aromatic heterocycles. The van der Waals surface area contributed by atoms with E-state index in [1.54, 1.807) is 60.7 Å². The summed E-state index contributed by atoms with van der Waals surface area (Å²) in [6, 6.07) is 40.5. The van der Waals surface area contributed by atoms with E-state index in [-0.39, 0.29) is 11.6 Å². The number of nitrogens with zero attached hydrogens (tertiary/aromatic N) is 1. The average Bonchev–Trinajstić information content (AvgIpc) is 3.57. The summed E-state index contributed by atoms with van der Waals surface area (Å²) >= 11 is 2.82. The Bertz CT molecular complexity index is 2230. The van der Waals surface area contributed by atoms with E-state index in [1.165, 1.54) is 43.4 Å². The Morgan fingerprint density at radius 1 is 0.755 bits per heavy atom. The lowest BCUT2D eigenvalue weighted by atomic mass is 10.1. The Hall–Kier alpha value is -6.17. The number of carbonyl (C=O) groups is 3. The SMILES string of the molecule is COc1cccc(/C=C(\NC(=O)c2ccccc2)C(=O)Nc2ccc(SC(C(=O)Nc3nc(-c4ccccc4)c(C)s3)c3ccccc3)cc2)c1OC. The van der Waals surface area contributed by atoms with Gasteiger partial charge in [-0.2, -0.15) is 0 Å². The predicted molar refractivity (Wildman–Crippen MR) is 212 cm³/mol. The van der Waals surface area contributed by atoms with Crippen molar-refractivity contribution in [3.8, 4) is 22.8 Å². The van der Waals surface area contributed by atoms with Crippen LogP contribution in [-0.4, -0.2) is 36.9 Å². The number of nitrogens with one attached hydrogen (secondary N) is 3. The molecule has 266 valence electrons. The molecule has 0 aliphatic heterocycles.